The minimum absolute atomic E-state index is 0.124. The lowest BCUT2D eigenvalue weighted by atomic mass is 9.79. The number of benzene rings is 1. The van der Waals surface area contributed by atoms with Crippen molar-refractivity contribution in [3.05, 3.63) is 35.4 Å². The summed E-state index contributed by atoms with van der Waals surface area (Å²) in [7, 11) is 0. The van der Waals surface area contributed by atoms with E-state index in [1.807, 2.05) is 0 Å². The molecule has 0 spiro atoms. The second-order valence-electron chi connectivity index (χ2n) is 5.76. The molecule has 23 heavy (non-hydrogen) atoms. The molecule has 0 bridgehead atoms. The van der Waals surface area contributed by atoms with Gasteiger partial charge in [-0.25, -0.2) is 0 Å². The summed E-state index contributed by atoms with van der Waals surface area (Å²) >= 11 is 0. The summed E-state index contributed by atoms with van der Waals surface area (Å²) in [6.07, 6.45) is -3.19. The molecule has 128 valence electrons. The Morgan fingerprint density at radius 1 is 1.26 bits per heavy atom. The number of hydrogen-bond donors (Lipinski definition) is 2. The first kappa shape index (κ1) is 17.7. The van der Waals surface area contributed by atoms with Crippen LogP contribution >= 0.6 is 0 Å². The number of alkyl halides is 3. The number of hydrogen-bond acceptors (Lipinski definition) is 3. The van der Waals surface area contributed by atoms with Crippen molar-refractivity contribution in [1.82, 2.24) is 5.32 Å². The van der Waals surface area contributed by atoms with Crippen LogP contribution in [-0.4, -0.2) is 32.2 Å². The van der Waals surface area contributed by atoms with Crippen LogP contribution in [0.4, 0.5) is 13.2 Å². The molecule has 1 heterocycles. The van der Waals surface area contributed by atoms with Gasteiger partial charge in [0.1, 0.15) is 0 Å². The van der Waals surface area contributed by atoms with Gasteiger partial charge in [-0.1, -0.05) is 18.2 Å². The average molecular weight is 330 g/mol. The molecule has 0 unspecified atom stereocenters. The zero-order valence-electron chi connectivity index (χ0n) is 12.8. The lowest BCUT2D eigenvalue weighted by molar-refractivity contribution is -0.138. The van der Waals surface area contributed by atoms with Crippen molar-refractivity contribution >= 4 is 5.91 Å². The highest BCUT2D eigenvalue weighted by atomic mass is 19.4. The maximum atomic E-state index is 12.9. The van der Waals surface area contributed by atoms with Crippen molar-refractivity contribution in [2.75, 3.05) is 26.3 Å². The zero-order valence-corrected chi connectivity index (χ0v) is 12.8. The summed E-state index contributed by atoms with van der Waals surface area (Å²) in [5.41, 5.74) is 4.59. The fourth-order valence-electron chi connectivity index (χ4n) is 2.80. The minimum Gasteiger partial charge on any atom is -0.381 e. The molecule has 0 saturated carbocycles. The van der Waals surface area contributed by atoms with Gasteiger partial charge in [0.25, 0.3) is 0 Å². The quantitative estimate of drug-likeness (QED) is 0.869. The predicted octanol–water partition coefficient (Wildman–Crippen LogP) is 2.12. The topological polar surface area (TPSA) is 64.4 Å². The normalized spacial score (nSPS) is 17.7. The molecule has 0 radical (unpaired) electrons. The van der Waals surface area contributed by atoms with Gasteiger partial charge in [0.2, 0.25) is 5.91 Å². The Hall–Kier alpha value is -1.60. The third-order valence-electron chi connectivity index (χ3n) is 4.32. The van der Waals surface area contributed by atoms with Crippen LogP contribution in [0.25, 0.3) is 0 Å². The van der Waals surface area contributed by atoms with Gasteiger partial charge in [-0.05, 0) is 30.9 Å². The third kappa shape index (κ3) is 4.23. The maximum absolute atomic E-state index is 12.9. The standard InChI is InChI=1S/C16H21F3N2O2/c17-16(18,19)13-4-2-1-3-12(13)5-8-21-14(22)15(11-20)6-9-23-10-7-15/h1-4H,5-11,20H2,(H,21,22). The number of ether oxygens (including phenoxy) is 1. The fraction of sp³-hybridized carbons (Fsp3) is 0.562. The first-order valence-electron chi connectivity index (χ1n) is 7.60. The summed E-state index contributed by atoms with van der Waals surface area (Å²) in [6.45, 7) is 1.30. The van der Waals surface area contributed by atoms with Gasteiger partial charge in [0.05, 0.1) is 11.0 Å². The summed E-state index contributed by atoms with van der Waals surface area (Å²) < 4.78 is 44.0. The number of carbonyl (C=O) groups excluding carboxylic acids is 1. The number of amides is 1. The molecule has 4 nitrogen and oxygen atoms in total. The summed E-state index contributed by atoms with van der Waals surface area (Å²) in [6, 6.07) is 5.40. The SMILES string of the molecule is NCC1(C(=O)NCCc2ccccc2C(F)(F)F)CCOCC1. The number of carbonyl (C=O) groups is 1. The van der Waals surface area contributed by atoms with Gasteiger partial charge in [0, 0.05) is 26.3 Å². The van der Waals surface area contributed by atoms with Crippen molar-refractivity contribution in [1.29, 1.82) is 0 Å². The summed E-state index contributed by atoms with van der Waals surface area (Å²) in [4.78, 5) is 12.4. The van der Waals surface area contributed by atoms with Crippen LogP contribution in [-0.2, 0) is 22.1 Å². The highest BCUT2D eigenvalue weighted by Gasteiger charge is 2.38. The van der Waals surface area contributed by atoms with Crippen LogP contribution in [0.5, 0.6) is 0 Å². The van der Waals surface area contributed by atoms with Crippen LogP contribution in [0.1, 0.15) is 24.0 Å². The molecule has 1 fully saturated rings. The van der Waals surface area contributed by atoms with Crippen LogP contribution in [0, 0.1) is 5.41 Å². The largest absolute Gasteiger partial charge is 0.416 e. The van der Waals surface area contributed by atoms with Gasteiger partial charge in [-0.2, -0.15) is 13.2 Å². The average Bonchev–Trinajstić information content (AvgIpc) is 2.55. The van der Waals surface area contributed by atoms with E-state index in [0.29, 0.717) is 26.1 Å². The van der Waals surface area contributed by atoms with Crippen LogP contribution in [0.3, 0.4) is 0 Å². The van der Waals surface area contributed by atoms with E-state index in [4.69, 9.17) is 10.5 Å². The summed E-state index contributed by atoms with van der Waals surface area (Å²) in [5.74, 6) is -0.201. The first-order chi connectivity index (χ1) is 10.9. The molecule has 3 N–H and O–H groups in total. The molecular weight excluding hydrogens is 309 g/mol. The molecule has 1 aliphatic heterocycles. The highest BCUT2D eigenvalue weighted by Crippen LogP contribution is 2.32. The van der Waals surface area contributed by atoms with Gasteiger partial charge in [0.15, 0.2) is 0 Å². The third-order valence-corrected chi connectivity index (χ3v) is 4.32. The van der Waals surface area contributed by atoms with E-state index in [9.17, 15) is 18.0 Å². The highest BCUT2D eigenvalue weighted by molar-refractivity contribution is 5.83. The Bertz CT molecular complexity index is 540. The Kier molecular flexibility index (Phi) is 5.64. The lowest BCUT2D eigenvalue weighted by Gasteiger charge is -2.34. The maximum Gasteiger partial charge on any atom is 0.416 e. The van der Waals surface area contributed by atoms with Gasteiger partial charge in [-0.3, -0.25) is 4.79 Å². The monoisotopic (exact) mass is 330 g/mol. The molecule has 1 saturated heterocycles. The van der Waals surface area contributed by atoms with Gasteiger partial charge >= 0.3 is 6.18 Å². The smallest absolute Gasteiger partial charge is 0.381 e. The molecule has 7 heteroatoms. The van der Waals surface area contributed by atoms with E-state index in [0.717, 1.165) is 6.07 Å². The molecular formula is C16H21F3N2O2. The van der Waals surface area contributed by atoms with Gasteiger partial charge in [-0.15, -0.1) is 0 Å². The molecule has 1 aromatic carbocycles. The first-order valence-corrected chi connectivity index (χ1v) is 7.60. The zero-order chi connectivity index (χ0) is 16.9. The number of halogens is 3. The molecule has 1 aromatic rings. The van der Waals surface area contributed by atoms with Gasteiger partial charge < -0.3 is 15.8 Å². The Morgan fingerprint density at radius 2 is 1.91 bits per heavy atom. The second-order valence-corrected chi connectivity index (χ2v) is 5.76. The minimum atomic E-state index is -4.39. The molecule has 1 aliphatic rings. The Balaban J connectivity index is 1.96. The van der Waals surface area contributed by atoms with Crippen molar-refractivity contribution in [3.8, 4) is 0 Å². The predicted molar refractivity (Wildman–Crippen MR) is 79.7 cm³/mol. The van der Waals surface area contributed by atoms with Crippen molar-refractivity contribution in [2.24, 2.45) is 11.1 Å². The molecule has 0 aliphatic carbocycles. The lowest BCUT2D eigenvalue weighted by Crippen LogP contribution is -2.49. The van der Waals surface area contributed by atoms with Crippen LogP contribution < -0.4 is 11.1 Å². The molecule has 1 amide bonds. The molecule has 0 aromatic heterocycles. The van der Waals surface area contributed by atoms with E-state index in [-0.39, 0.29) is 31.0 Å². The second kappa shape index (κ2) is 7.31. The number of rotatable bonds is 5. The van der Waals surface area contributed by atoms with E-state index in [1.165, 1.54) is 12.1 Å². The van der Waals surface area contributed by atoms with E-state index in [2.05, 4.69) is 5.32 Å². The van der Waals surface area contributed by atoms with Crippen LogP contribution in [0.15, 0.2) is 24.3 Å². The van der Waals surface area contributed by atoms with Crippen molar-refractivity contribution < 1.29 is 22.7 Å². The van der Waals surface area contributed by atoms with E-state index >= 15 is 0 Å². The van der Waals surface area contributed by atoms with Crippen molar-refractivity contribution in [3.63, 3.8) is 0 Å². The summed E-state index contributed by atoms with van der Waals surface area (Å²) in [5, 5.41) is 2.73. The molecule has 2 rings (SSSR count). The van der Waals surface area contributed by atoms with E-state index < -0.39 is 17.2 Å². The molecule has 0 atom stereocenters. The van der Waals surface area contributed by atoms with Crippen LogP contribution in [0.2, 0.25) is 0 Å². The Morgan fingerprint density at radius 3 is 2.52 bits per heavy atom. The van der Waals surface area contributed by atoms with Crippen molar-refractivity contribution in [2.45, 2.75) is 25.4 Å². The number of nitrogens with one attached hydrogen (secondary N) is 1. The fourth-order valence-corrected chi connectivity index (χ4v) is 2.80. The Labute approximate surface area is 133 Å². The number of nitrogens with two attached hydrogens (primary N) is 1. The van der Waals surface area contributed by atoms with E-state index in [1.54, 1.807) is 6.07 Å².